The van der Waals surface area contributed by atoms with Crippen LogP contribution in [-0.4, -0.2) is 4.98 Å². The second kappa shape index (κ2) is 3.84. The number of hydrogen-bond donors (Lipinski definition) is 0. The summed E-state index contributed by atoms with van der Waals surface area (Å²) in [5.74, 6) is 0. The van der Waals surface area contributed by atoms with E-state index in [0.717, 1.165) is 12.3 Å². The standard InChI is InChI=1S/C7H4BrClF3N/c8-2-4-1-6(7(10,11)12)13-3-5(4)9/h1,3H,2H2. The number of alkyl halides is 4. The monoisotopic (exact) mass is 273 g/mol. The van der Waals surface area contributed by atoms with Gasteiger partial charge in [-0.05, 0) is 11.6 Å². The van der Waals surface area contributed by atoms with E-state index in [-0.39, 0.29) is 10.4 Å². The minimum atomic E-state index is -4.42. The smallest absolute Gasteiger partial charge is 0.250 e. The summed E-state index contributed by atoms with van der Waals surface area (Å²) in [5, 5.41) is 0.502. The van der Waals surface area contributed by atoms with Crippen LogP contribution in [0.15, 0.2) is 12.3 Å². The molecule has 1 heterocycles. The van der Waals surface area contributed by atoms with Gasteiger partial charge in [0.1, 0.15) is 5.69 Å². The number of pyridine rings is 1. The fourth-order valence-electron chi connectivity index (χ4n) is 0.738. The third kappa shape index (κ3) is 2.57. The van der Waals surface area contributed by atoms with E-state index in [1.54, 1.807) is 0 Å². The molecule has 1 aromatic heterocycles. The fraction of sp³-hybridized carbons (Fsp3) is 0.286. The zero-order valence-electron chi connectivity index (χ0n) is 6.20. The van der Waals surface area contributed by atoms with Crippen LogP contribution in [0, 0.1) is 0 Å². The molecule has 1 rings (SSSR count). The van der Waals surface area contributed by atoms with Gasteiger partial charge in [0.15, 0.2) is 0 Å². The van der Waals surface area contributed by atoms with Crippen molar-refractivity contribution in [2.75, 3.05) is 0 Å². The molecule has 0 spiro atoms. The van der Waals surface area contributed by atoms with Crippen molar-refractivity contribution in [2.45, 2.75) is 11.5 Å². The normalized spacial score (nSPS) is 11.8. The summed E-state index contributed by atoms with van der Waals surface area (Å²) in [7, 11) is 0. The number of rotatable bonds is 1. The first-order valence-corrected chi connectivity index (χ1v) is 4.72. The summed E-state index contributed by atoms with van der Waals surface area (Å²) >= 11 is 8.62. The molecule has 1 nitrogen and oxygen atoms in total. The van der Waals surface area contributed by atoms with Gasteiger partial charge in [0.25, 0.3) is 0 Å². The summed E-state index contributed by atoms with van der Waals surface area (Å²) in [4.78, 5) is 3.18. The van der Waals surface area contributed by atoms with E-state index in [0.29, 0.717) is 5.56 Å². The summed E-state index contributed by atoms with van der Waals surface area (Å²) in [6, 6.07) is 0.928. The molecule has 0 saturated heterocycles. The lowest BCUT2D eigenvalue weighted by Crippen LogP contribution is -2.08. The molecule has 0 aliphatic rings. The highest BCUT2D eigenvalue weighted by Gasteiger charge is 2.32. The Bertz CT molecular complexity index is 313. The first-order valence-electron chi connectivity index (χ1n) is 3.22. The third-order valence-electron chi connectivity index (χ3n) is 1.37. The van der Waals surface area contributed by atoms with Crippen molar-refractivity contribution in [3.63, 3.8) is 0 Å². The Morgan fingerprint density at radius 1 is 1.46 bits per heavy atom. The topological polar surface area (TPSA) is 12.9 Å². The summed E-state index contributed by atoms with van der Waals surface area (Å²) in [6.45, 7) is 0. The predicted molar refractivity (Wildman–Crippen MR) is 46.9 cm³/mol. The van der Waals surface area contributed by atoms with Crippen LogP contribution in [0.25, 0.3) is 0 Å². The zero-order chi connectivity index (χ0) is 10.1. The lowest BCUT2D eigenvalue weighted by molar-refractivity contribution is -0.141. The minimum Gasteiger partial charge on any atom is -0.250 e. The van der Waals surface area contributed by atoms with Gasteiger partial charge in [-0.2, -0.15) is 13.2 Å². The Balaban J connectivity index is 3.14. The van der Waals surface area contributed by atoms with Gasteiger partial charge in [-0.15, -0.1) is 0 Å². The number of halogens is 5. The van der Waals surface area contributed by atoms with Gasteiger partial charge in [-0.3, -0.25) is 4.98 Å². The largest absolute Gasteiger partial charge is 0.433 e. The maximum absolute atomic E-state index is 12.1. The molecule has 0 fully saturated rings. The molecule has 0 saturated carbocycles. The van der Waals surface area contributed by atoms with E-state index in [4.69, 9.17) is 11.6 Å². The van der Waals surface area contributed by atoms with Gasteiger partial charge >= 0.3 is 6.18 Å². The predicted octanol–water partition coefficient (Wildman–Crippen LogP) is 3.65. The summed E-state index contributed by atoms with van der Waals surface area (Å²) in [6.07, 6.45) is -3.41. The molecular weight excluding hydrogens is 270 g/mol. The van der Waals surface area contributed by atoms with Gasteiger partial charge in [0.05, 0.1) is 5.02 Å². The summed E-state index contributed by atoms with van der Waals surface area (Å²) < 4.78 is 36.3. The molecule has 0 radical (unpaired) electrons. The highest BCUT2D eigenvalue weighted by molar-refractivity contribution is 9.08. The Morgan fingerprint density at radius 2 is 2.08 bits per heavy atom. The Labute approximate surface area is 86.0 Å². The quantitative estimate of drug-likeness (QED) is 0.712. The van der Waals surface area contributed by atoms with E-state index < -0.39 is 11.9 Å². The maximum Gasteiger partial charge on any atom is 0.433 e. The van der Waals surface area contributed by atoms with Crippen LogP contribution in [0.2, 0.25) is 5.02 Å². The Hall–Kier alpha value is -0.290. The van der Waals surface area contributed by atoms with Crippen molar-refractivity contribution < 1.29 is 13.2 Å². The lowest BCUT2D eigenvalue weighted by atomic mass is 10.2. The molecule has 0 unspecified atom stereocenters. The Morgan fingerprint density at radius 3 is 2.54 bits per heavy atom. The van der Waals surface area contributed by atoms with E-state index in [9.17, 15) is 13.2 Å². The average molecular weight is 274 g/mol. The molecule has 0 atom stereocenters. The van der Waals surface area contributed by atoms with Crippen LogP contribution >= 0.6 is 27.5 Å². The van der Waals surface area contributed by atoms with Crippen LogP contribution in [0.5, 0.6) is 0 Å². The van der Waals surface area contributed by atoms with Crippen LogP contribution in [0.3, 0.4) is 0 Å². The van der Waals surface area contributed by atoms with Crippen LogP contribution < -0.4 is 0 Å². The number of nitrogens with zero attached hydrogens (tertiary/aromatic N) is 1. The van der Waals surface area contributed by atoms with Gasteiger partial charge < -0.3 is 0 Å². The van der Waals surface area contributed by atoms with E-state index in [1.807, 2.05) is 0 Å². The third-order valence-corrected chi connectivity index (χ3v) is 2.31. The SMILES string of the molecule is FC(F)(F)c1cc(CBr)c(Cl)cn1. The summed E-state index contributed by atoms with van der Waals surface area (Å²) in [5.41, 5.74) is -0.546. The molecular formula is C7H4BrClF3N. The fourth-order valence-corrected chi connectivity index (χ4v) is 1.53. The first kappa shape index (κ1) is 10.8. The lowest BCUT2D eigenvalue weighted by Gasteiger charge is -2.07. The molecule has 0 N–H and O–H groups in total. The van der Waals surface area contributed by atoms with Crippen LogP contribution in [0.1, 0.15) is 11.3 Å². The van der Waals surface area contributed by atoms with Crippen molar-refractivity contribution >= 4 is 27.5 Å². The highest BCUT2D eigenvalue weighted by Crippen LogP contribution is 2.30. The molecule has 0 bridgehead atoms. The first-order chi connectivity index (χ1) is 5.95. The number of hydrogen-bond acceptors (Lipinski definition) is 1. The van der Waals surface area contributed by atoms with Gasteiger partial charge in [-0.25, -0.2) is 0 Å². The molecule has 1 aromatic rings. The molecule has 72 valence electrons. The minimum absolute atomic E-state index is 0.227. The van der Waals surface area contributed by atoms with Crippen molar-refractivity contribution in [2.24, 2.45) is 0 Å². The van der Waals surface area contributed by atoms with E-state index >= 15 is 0 Å². The highest BCUT2D eigenvalue weighted by atomic mass is 79.9. The van der Waals surface area contributed by atoms with Crippen LogP contribution in [-0.2, 0) is 11.5 Å². The molecule has 0 aliphatic heterocycles. The average Bonchev–Trinajstić information content (AvgIpc) is 2.03. The Kier molecular flexibility index (Phi) is 3.18. The molecule has 0 aromatic carbocycles. The molecule has 0 amide bonds. The number of aromatic nitrogens is 1. The van der Waals surface area contributed by atoms with Crippen molar-refractivity contribution in [1.82, 2.24) is 4.98 Å². The van der Waals surface area contributed by atoms with Gasteiger partial charge in [0, 0.05) is 11.5 Å². The zero-order valence-corrected chi connectivity index (χ0v) is 8.54. The molecule has 6 heteroatoms. The van der Waals surface area contributed by atoms with E-state index in [1.165, 1.54) is 0 Å². The second-order valence-corrected chi connectivity index (χ2v) is 3.26. The van der Waals surface area contributed by atoms with Gasteiger partial charge in [0.2, 0.25) is 0 Å². The maximum atomic E-state index is 12.1. The van der Waals surface area contributed by atoms with Crippen LogP contribution in [0.4, 0.5) is 13.2 Å². The molecule has 0 aliphatic carbocycles. The molecule has 13 heavy (non-hydrogen) atoms. The van der Waals surface area contributed by atoms with Crippen molar-refractivity contribution in [1.29, 1.82) is 0 Å². The van der Waals surface area contributed by atoms with Crippen molar-refractivity contribution in [3.8, 4) is 0 Å². The van der Waals surface area contributed by atoms with E-state index in [2.05, 4.69) is 20.9 Å². The van der Waals surface area contributed by atoms with Crippen molar-refractivity contribution in [3.05, 3.63) is 28.5 Å². The van der Waals surface area contributed by atoms with Gasteiger partial charge in [-0.1, -0.05) is 27.5 Å². The second-order valence-electron chi connectivity index (χ2n) is 2.29.